The second-order valence-corrected chi connectivity index (χ2v) is 4.45. The lowest BCUT2D eigenvalue weighted by atomic mass is 10.2. The van der Waals surface area contributed by atoms with Gasteiger partial charge in [0.1, 0.15) is 12.7 Å². The Hall–Kier alpha value is -1.43. The third kappa shape index (κ3) is 3.03. The Balaban J connectivity index is 1.86. The van der Waals surface area contributed by atoms with E-state index in [1.807, 2.05) is 18.7 Å². The minimum Gasteiger partial charge on any atom is -0.375 e. The molecule has 1 aliphatic heterocycles. The monoisotopic (exact) mass is 238 g/mol. The van der Waals surface area contributed by atoms with Crippen LogP contribution >= 0.6 is 0 Å². The van der Waals surface area contributed by atoms with Gasteiger partial charge in [-0.05, 0) is 13.8 Å². The number of aryl methyl sites for hydroxylation is 1. The lowest BCUT2D eigenvalue weighted by molar-refractivity contribution is -0.143. The summed E-state index contributed by atoms with van der Waals surface area (Å²) in [7, 11) is 0. The second kappa shape index (κ2) is 5.27. The van der Waals surface area contributed by atoms with Crippen LogP contribution in [0.5, 0.6) is 0 Å². The molecular weight excluding hydrogens is 220 g/mol. The molecule has 2 atom stereocenters. The second-order valence-electron chi connectivity index (χ2n) is 4.45. The number of aromatic nitrogens is 3. The number of nitrogens with zero attached hydrogens (tertiary/aromatic N) is 4. The SMILES string of the molecule is C[C@H]1CN(C(=O)CCn2cncn2)[C@@H](C)CO1. The van der Waals surface area contributed by atoms with Crippen LogP contribution in [-0.2, 0) is 16.1 Å². The first-order chi connectivity index (χ1) is 8.16. The molecule has 0 unspecified atom stereocenters. The van der Waals surface area contributed by atoms with Gasteiger partial charge in [0.25, 0.3) is 0 Å². The zero-order valence-electron chi connectivity index (χ0n) is 10.2. The van der Waals surface area contributed by atoms with Crippen molar-refractivity contribution in [3.63, 3.8) is 0 Å². The highest BCUT2D eigenvalue weighted by atomic mass is 16.5. The van der Waals surface area contributed by atoms with Gasteiger partial charge in [-0.3, -0.25) is 9.48 Å². The normalized spacial score (nSPS) is 24.9. The predicted octanol–water partition coefficient (Wildman–Crippen LogP) is 0.304. The van der Waals surface area contributed by atoms with Crippen molar-refractivity contribution in [1.82, 2.24) is 19.7 Å². The van der Waals surface area contributed by atoms with Crippen molar-refractivity contribution in [3.8, 4) is 0 Å². The quantitative estimate of drug-likeness (QED) is 0.760. The van der Waals surface area contributed by atoms with E-state index in [-0.39, 0.29) is 18.1 Å². The summed E-state index contributed by atoms with van der Waals surface area (Å²) in [6.07, 6.45) is 3.68. The van der Waals surface area contributed by atoms with Crippen LogP contribution in [0, 0.1) is 0 Å². The van der Waals surface area contributed by atoms with Gasteiger partial charge in [-0.1, -0.05) is 0 Å². The molecule has 0 radical (unpaired) electrons. The topological polar surface area (TPSA) is 60.2 Å². The number of morpholine rings is 1. The van der Waals surface area contributed by atoms with Crippen LogP contribution in [0.25, 0.3) is 0 Å². The van der Waals surface area contributed by atoms with Crippen molar-refractivity contribution in [1.29, 1.82) is 0 Å². The van der Waals surface area contributed by atoms with E-state index in [0.29, 0.717) is 26.1 Å². The molecule has 0 bridgehead atoms. The summed E-state index contributed by atoms with van der Waals surface area (Å²) in [6, 6.07) is 0.162. The highest BCUT2D eigenvalue weighted by molar-refractivity contribution is 5.76. The number of ether oxygens (including phenoxy) is 1. The van der Waals surface area contributed by atoms with Crippen LogP contribution in [0.3, 0.4) is 0 Å². The van der Waals surface area contributed by atoms with Crippen molar-refractivity contribution in [2.24, 2.45) is 0 Å². The summed E-state index contributed by atoms with van der Waals surface area (Å²) < 4.78 is 7.17. The fourth-order valence-corrected chi connectivity index (χ4v) is 1.95. The summed E-state index contributed by atoms with van der Waals surface area (Å²) in [5.41, 5.74) is 0. The molecule has 0 N–H and O–H groups in total. The summed E-state index contributed by atoms with van der Waals surface area (Å²) in [5, 5.41) is 3.98. The first kappa shape index (κ1) is 12.0. The minimum atomic E-state index is 0.126. The molecule has 6 heteroatoms. The fourth-order valence-electron chi connectivity index (χ4n) is 1.95. The third-order valence-electron chi connectivity index (χ3n) is 2.95. The lowest BCUT2D eigenvalue weighted by Gasteiger charge is -2.36. The van der Waals surface area contributed by atoms with E-state index >= 15 is 0 Å². The summed E-state index contributed by atoms with van der Waals surface area (Å²) >= 11 is 0. The van der Waals surface area contributed by atoms with Crippen LogP contribution in [0.4, 0.5) is 0 Å². The molecule has 2 heterocycles. The largest absolute Gasteiger partial charge is 0.375 e. The molecular formula is C11H18N4O2. The molecule has 1 saturated heterocycles. The molecule has 2 rings (SSSR count). The third-order valence-corrected chi connectivity index (χ3v) is 2.95. The van der Waals surface area contributed by atoms with Crippen LogP contribution in [0.15, 0.2) is 12.7 Å². The Kier molecular flexibility index (Phi) is 3.73. The molecule has 0 aromatic carbocycles. The van der Waals surface area contributed by atoms with Gasteiger partial charge in [-0.25, -0.2) is 4.98 Å². The molecule has 1 amide bonds. The first-order valence-corrected chi connectivity index (χ1v) is 5.90. The Labute approximate surface area is 101 Å². The molecule has 6 nitrogen and oxygen atoms in total. The number of hydrogen-bond donors (Lipinski definition) is 0. The molecule has 0 spiro atoms. The average Bonchev–Trinajstić information content (AvgIpc) is 2.82. The van der Waals surface area contributed by atoms with Crippen molar-refractivity contribution >= 4 is 5.91 Å². The van der Waals surface area contributed by atoms with Gasteiger partial charge in [0.05, 0.1) is 25.3 Å². The van der Waals surface area contributed by atoms with Crippen molar-refractivity contribution < 1.29 is 9.53 Å². The van der Waals surface area contributed by atoms with Crippen molar-refractivity contribution in [2.75, 3.05) is 13.2 Å². The highest BCUT2D eigenvalue weighted by Crippen LogP contribution is 2.12. The van der Waals surface area contributed by atoms with E-state index in [1.165, 1.54) is 6.33 Å². The van der Waals surface area contributed by atoms with Crippen molar-refractivity contribution in [2.45, 2.75) is 39.0 Å². The van der Waals surface area contributed by atoms with Gasteiger partial charge in [-0.2, -0.15) is 5.10 Å². The molecule has 94 valence electrons. The Morgan fingerprint density at radius 3 is 3.06 bits per heavy atom. The van der Waals surface area contributed by atoms with Crippen LogP contribution in [0.1, 0.15) is 20.3 Å². The molecule has 0 saturated carbocycles. The van der Waals surface area contributed by atoms with Gasteiger partial charge in [0.2, 0.25) is 5.91 Å². The maximum absolute atomic E-state index is 12.1. The standard InChI is InChI=1S/C11H18N4O2/c1-9-6-17-10(2)5-15(9)11(16)3-4-14-8-12-7-13-14/h7-10H,3-6H2,1-2H3/t9-,10-/m0/s1. The van der Waals surface area contributed by atoms with Gasteiger partial charge in [0.15, 0.2) is 0 Å². The Morgan fingerprint density at radius 2 is 2.35 bits per heavy atom. The van der Waals surface area contributed by atoms with E-state index in [1.54, 1.807) is 11.0 Å². The van der Waals surface area contributed by atoms with E-state index in [9.17, 15) is 4.79 Å². The zero-order valence-corrected chi connectivity index (χ0v) is 10.2. The zero-order chi connectivity index (χ0) is 12.3. The predicted molar refractivity (Wildman–Crippen MR) is 61.2 cm³/mol. The average molecular weight is 238 g/mol. The van der Waals surface area contributed by atoms with Gasteiger partial charge < -0.3 is 9.64 Å². The van der Waals surface area contributed by atoms with Crippen molar-refractivity contribution in [3.05, 3.63) is 12.7 Å². The Morgan fingerprint density at radius 1 is 1.53 bits per heavy atom. The molecule has 0 aliphatic carbocycles. The van der Waals surface area contributed by atoms with Crippen LogP contribution in [-0.4, -0.2) is 50.9 Å². The smallest absolute Gasteiger partial charge is 0.224 e. The van der Waals surface area contributed by atoms with E-state index in [4.69, 9.17) is 4.74 Å². The first-order valence-electron chi connectivity index (χ1n) is 5.90. The number of carbonyl (C=O) groups excluding carboxylic acids is 1. The summed E-state index contributed by atoms with van der Waals surface area (Å²) in [6.45, 7) is 5.88. The van der Waals surface area contributed by atoms with Crippen LogP contribution in [0.2, 0.25) is 0 Å². The van der Waals surface area contributed by atoms with E-state index in [0.717, 1.165) is 0 Å². The Bertz CT molecular complexity index is 366. The van der Waals surface area contributed by atoms with Crippen LogP contribution < -0.4 is 0 Å². The number of amides is 1. The number of carbonyl (C=O) groups is 1. The van der Waals surface area contributed by atoms with E-state index in [2.05, 4.69) is 10.1 Å². The van der Waals surface area contributed by atoms with Gasteiger partial charge >= 0.3 is 0 Å². The number of hydrogen-bond acceptors (Lipinski definition) is 4. The van der Waals surface area contributed by atoms with E-state index < -0.39 is 0 Å². The summed E-state index contributed by atoms with van der Waals surface area (Å²) in [4.78, 5) is 17.8. The van der Waals surface area contributed by atoms with Gasteiger partial charge in [-0.15, -0.1) is 0 Å². The molecule has 1 aromatic rings. The molecule has 1 aliphatic rings. The lowest BCUT2D eigenvalue weighted by Crippen LogP contribution is -2.50. The summed E-state index contributed by atoms with van der Waals surface area (Å²) in [5.74, 6) is 0.156. The minimum absolute atomic E-state index is 0.126. The molecule has 17 heavy (non-hydrogen) atoms. The molecule has 1 fully saturated rings. The molecule has 1 aromatic heterocycles. The van der Waals surface area contributed by atoms with Gasteiger partial charge in [0, 0.05) is 13.0 Å². The fraction of sp³-hybridized carbons (Fsp3) is 0.727. The number of rotatable bonds is 3. The maximum Gasteiger partial charge on any atom is 0.224 e. The highest BCUT2D eigenvalue weighted by Gasteiger charge is 2.26. The maximum atomic E-state index is 12.1.